The summed E-state index contributed by atoms with van der Waals surface area (Å²) in [6.45, 7) is 0. The molecule has 0 aromatic heterocycles. The fourth-order valence-corrected chi connectivity index (χ4v) is 2.22. The Morgan fingerprint density at radius 3 is 2.81 bits per heavy atom. The summed E-state index contributed by atoms with van der Waals surface area (Å²) in [7, 11) is 5.77. The molecule has 1 fully saturated rings. The second kappa shape index (κ2) is 5.19. The van der Waals surface area contributed by atoms with Crippen molar-refractivity contribution in [2.75, 3.05) is 0 Å². The maximum absolute atomic E-state index is 11.4. The van der Waals surface area contributed by atoms with Gasteiger partial charge in [-0.05, 0) is 31.2 Å². The predicted octanol–water partition coefficient (Wildman–Crippen LogP) is 2.08. The molecule has 0 spiro atoms. The molecule has 0 saturated carbocycles. The first kappa shape index (κ1) is 11.2. The van der Waals surface area contributed by atoms with Gasteiger partial charge >= 0.3 is 0 Å². The third-order valence-electron chi connectivity index (χ3n) is 3.22. The van der Waals surface area contributed by atoms with Gasteiger partial charge in [-0.2, -0.15) is 0 Å². The Bertz CT molecular complexity index is 352. The van der Waals surface area contributed by atoms with Gasteiger partial charge in [0.25, 0.3) is 0 Å². The SMILES string of the molecule is [B]N1C(=O)CCCC1CCc1ccccc1. The highest BCUT2D eigenvalue weighted by Gasteiger charge is 2.23. The van der Waals surface area contributed by atoms with Crippen molar-refractivity contribution in [2.24, 2.45) is 0 Å². The molecule has 16 heavy (non-hydrogen) atoms. The van der Waals surface area contributed by atoms with Crippen LogP contribution in [0.5, 0.6) is 0 Å². The normalized spacial score (nSPS) is 21.1. The fraction of sp³-hybridized carbons (Fsp3) is 0.462. The summed E-state index contributed by atoms with van der Waals surface area (Å²) in [6.07, 6.45) is 4.58. The minimum Gasteiger partial charge on any atom is -0.394 e. The molecule has 3 heteroatoms. The molecule has 1 aliphatic rings. The zero-order chi connectivity index (χ0) is 11.4. The van der Waals surface area contributed by atoms with Gasteiger partial charge < -0.3 is 4.81 Å². The van der Waals surface area contributed by atoms with Crippen molar-refractivity contribution >= 4 is 13.9 Å². The van der Waals surface area contributed by atoms with Crippen LogP contribution in [0.1, 0.15) is 31.2 Å². The Morgan fingerprint density at radius 1 is 1.31 bits per heavy atom. The highest BCUT2D eigenvalue weighted by Crippen LogP contribution is 2.20. The third-order valence-corrected chi connectivity index (χ3v) is 3.22. The predicted molar refractivity (Wildman–Crippen MR) is 65.0 cm³/mol. The van der Waals surface area contributed by atoms with E-state index in [0.29, 0.717) is 6.42 Å². The van der Waals surface area contributed by atoms with E-state index in [1.54, 1.807) is 0 Å². The van der Waals surface area contributed by atoms with Crippen LogP contribution in [0, 0.1) is 0 Å². The van der Waals surface area contributed by atoms with E-state index in [1.807, 2.05) is 18.2 Å². The number of carbonyl (C=O) groups is 1. The van der Waals surface area contributed by atoms with E-state index in [2.05, 4.69) is 12.1 Å². The molecule has 1 aromatic rings. The molecule has 1 atom stereocenters. The van der Waals surface area contributed by atoms with Crippen LogP contribution in [0.4, 0.5) is 0 Å². The summed E-state index contributed by atoms with van der Waals surface area (Å²) in [5, 5.41) is 0. The van der Waals surface area contributed by atoms with Crippen LogP contribution in [-0.2, 0) is 11.2 Å². The fourth-order valence-electron chi connectivity index (χ4n) is 2.22. The molecule has 1 aliphatic heterocycles. The average molecular weight is 213 g/mol. The van der Waals surface area contributed by atoms with Crippen LogP contribution in [-0.4, -0.2) is 24.7 Å². The third kappa shape index (κ3) is 2.66. The molecule has 1 amide bonds. The largest absolute Gasteiger partial charge is 0.394 e. The van der Waals surface area contributed by atoms with Crippen molar-refractivity contribution in [1.29, 1.82) is 0 Å². The van der Waals surface area contributed by atoms with Gasteiger partial charge in [0, 0.05) is 12.5 Å². The number of hydrogen-bond donors (Lipinski definition) is 0. The maximum atomic E-state index is 11.4. The minimum atomic E-state index is 0.0873. The van der Waals surface area contributed by atoms with E-state index in [-0.39, 0.29) is 11.9 Å². The number of piperidine rings is 1. The van der Waals surface area contributed by atoms with Crippen LogP contribution < -0.4 is 0 Å². The topological polar surface area (TPSA) is 20.3 Å². The molecule has 0 aliphatic carbocycles. The zero-order valence-electron chi connectivity index (χ0n) is 9.43. The summed E-state index contributed by atoms with van der Waals surface area (Å²) in [5.74, 6) is 0.0873. The molecular formula is C13H16BNO. The smallest absolute Gasteiger partial charge is 0.230 e. The maximum Gasteiger partial charge on any atom is 0.230 e. The number of benzene rings is 1. The molecule has 1 unspecified atom stereocenters. The summed E-state index contributed by atoms with van der Waals surface area (Å²) in [5.41, 5.74) is 1.31. The molecule has 2 rings (SSSR count). The van der Waals surface area contributed by atoms with Crippen molar-refractivity contribution in [3.63, 3.8) is 0 Å². The van der Waals surface area contributed by atoms with Crippen molar-refractivity contribution in [3.8, 4) is 0 Å². The zero-order valence-corrected chi connectivity index (χ0v) is 9.43. The van der Waals surface area contributed by atoms with E-state index in [0.717, 1.165) is 25.7 Å². The second-order valence-electron chi connectivity index (χ2n) is 4.37. The first-order valence-electron chi connectivity index (χ1n) is 5.88. The Labute approximate surface area is 98.1 Å². The summed E-state index contributed by atoms with van der Waals surface area (Å²) >= 11 is 0. The van der Waals surface area contributed by atoms with Crippen LogP contribution in [0.25, 0.3) is 0 Å². The van der Waals surface area contributed by atoms with Gasteiger partial charge in [-0.3, -0.25) is 4.79 Å². The van der Waals surface area contributed by atoms with E-state index >= 15 is 0 Å². The Kier molecular flexibility index (Phi) is 3.65. The molecule has 1 aromatic carbocycles. The molecule has 1 heterocycles. The number of amides is 1. The first-order chi connectivity index (χ1) is 7.77. The van der Waals surface area contributed by atoms with Gasteiger partial charge in [-0.25, -0.2) is 0 Å². The van der Waals surface area contributed by atoms with E-state index in [9.17, 15) is 4.79 Å². The van der Waals surface area contributed by atoms with Crippen molar-refractivity contribution in [2.45, 2.75) is 38.1 Å². The monoisotopic (exact) mass is 213 g/mol. The summed E-state index contributed by atoms with van der Waals surface area (Å²) < 4.78 is 0. The van der Waals surface area contributed by atoms with Gasteiger partial charge in [0.2, 0.25) is 13.9 Å². The van der Waals surface area contributed by atoms with E-state index < -0.39 is 0 Å². The minimum absolute atomic E-state index is 0.0873. The molecular weight excluding hydrogens is 197 g/mol. The average Bonchev–Trinajstić information content (AvgIpc) is 2.32. The quantitative estimate of drug-likeness (QED) is 0.704. The molecule has 2 radical (unpaired) electrons. The van der Waals surface area contributed by atoms with Crippen LogP contribution >= 0.6 is 0 Å². The number of hydrogen-bond acceptors (Lipinski definition) is 1. The standard InChI is InChI=1S/C13H16BNO/c14-15-12(7-4-8-13(15)16)10-9-11-5-2-1-3-6-11/h1-3,5-6,12H,4,7-10H2. The Balaban J connectivity index is 1.88. The van der Waals surface area contributed by atoms with Gasteiger partial charge in [0.1, 0.15) is 0 Å². The van der Waals surface area contributed by atoms with Crippen molar-refractivity contribution in [1.82, 2.24) is 4.81 Å². The van der Waals surface area contributed by atoms with Crippen molar-refractivity contribution in [3.05, 3.63) is 35.9 Å². The van der Waals surface area contributed by atoms with Gasteiger partial charge in [-0.1, -0.05) is 30.3 Å². The Morgan fingerprint density at radius 2 is 2.06 bits per heavy atom. The lowest BCUT2D eigenvalue weighted by molar-refractivity contribution is -0.130. The lowest BCUT2D eigenvalue weighted by atomic mass is 9.93. The molecule has 0 N–H and O–H groups in total. The van der Waals surface area contributed by atoms with Gasteiger partial charge in [0.15, 0.2) is 0 Å². The lowest BCUT2D eigenvalue weighted by Crippen LogP contribution is -2.41. The van der Waals surface area contributed by atoms with E-state index in [4.69, 9.17) is 7.98 Å². The number of rotatable bonds is 3. The summed E-state index contributed by atoms with van der Waals surface area (Å²) in [4.78, 5) is 12.9. The van der Waals surface area contributed by atoms with Crippen LogP contribution in [0.15, 0.2) is 30.3 Å². The van der Waals surface area contributed by atoms with E-state index in [1.165, 1.54) is 10.4 Å². The van der Waals surface area contributed by atoms with Crippen molar-refractivity contribution < 1.29 is 4.79 Å². The van der Waals surface area contributed by atoms with Crippen LogP contribution in [0.3, 0.4) is 0 Å². The Hall–Kier alpha value is -1.25. The highest BCUT2D eigenvalue weighted by molar-refractivity contribution is 6.14. The second-order valence-corrected chi connectivity index (χ2v) is 4.37. The highest BCUT2D eigenvalue weighted by atomic mass is 16.2. The number of aryl methyl sites for hydroxylation is 1. The summed E-state index contributed by atoms with van der Waals surface area (Å²) in [6, 6.07) is 10.6. The lowest BCUT2D eigenvalue weighted by Gasteiger charge is -2.33. The molecule has 2 nitrogen and oxygen atoms in total. The molecule has 1 saturated heterocycles. The van der Waals surface area contributed by atoms with Gasteiger partial charge in [0.05, 0.1) is 0 Å². The first-order valence-corrected chi connectivity index (χ1v) is 5.88. The number of nitrogens with zero attached hydrogens (tertiary/aromatic N) is 1. The molecule has 0 bridgehead atoms. The number of carbonyl (C=O) groups excluding carboxylic acids is 1. The van der Waals surface area contributed by atoms with Crippen LogP contribution in [0.2, 0.25) is 0 Å². The van der Waals surface area contributed by atoms with Gasteiger partial charge in [-0.15, -0.1) is 0 Å². The molecule has 82 valence electrons.